The smallest absolute Gasteiger partial charge is 0.220 e. The second-order valence-electron chi connectivity index (χ2n) is 20.4. The molecule has 80 heavy (non-hydrogen) atoms. The Morgan fingerprint density at radius 1 is 0.350 bits per heavy atom. The molecule has 4 heterocycles. The van der Waals surface area contributed by atoms with Gasteiger partial charge in [0.25, 0.3) is 0 Å². The van der Waals surface area contributed by atoms with E-state index in [9.17, 15) is 11.8 Å². The highest BCUT2D eigenvalue weighted by Crippen LogP contribution is 2.55. The van der Waals surface area contributed by atoms with Crippen molar-refractivity contribution in [2.75, 3.05) is 0 Å². The number of thiophene rings is 2. The van der Waals surface area contributed by atoms with Crippen LogP contribution in [0, 0.1) is 17.9 Å². The zero-order valence-electron chi connectivity index (χ0n) is 42.9. The Morgan fingerprint density at radius 2 is 0.800 bits per heavy atom. The van der Waals surface area contributed by atoms with Crippen molar-refractivity contribution in [1.82, 2.24) is 9.13 Å². The standard InChI is InChI=1S/C74H42N4S2/c1-76-67-65(48-26-13-5-14-27-48)61(44-75)68(66(49-28-15-6-16-29-49)71(67)77-62-42-50(45-20-7-2-8-21-45)34-36-53(62)54-37-35-51(43-63(54)77)46-22-9-3-10-23-46)78-69-56(38-40-59-55-30-17-18-33-64(55)79-73(59)69)57-39-41-60-58-32-19-31-52(47-24-11-4-12-25-47)72(58)80-74(60)70(57)78/h2-43H. The van der Waals surface area contributed by atoms with Crippen molar-refractivity contribution in [2.24, 2.45) is 0 Å². The summed E-state index contributed by atoms with van der Waals surface area (Å²) < 4.78 is 9.49. The third-order valence-electron chi connectivity index (χ3n) is 16.2. The van der Waals surface area contributed by atoms with Gasteiger partial charge in [0.1, 0.15) is 6.07 Å². The van der Waals surface area contributed by atoms with E-state index in [1.165, 1.54) is 25.7 Å². The number of nitrogens with zero attached hydrogens (tertiary/aromatic N) is 4. The monoisotopic (exact) mass is 1050 g/mol. The fourth-order valence-electron chi connectivity index (χ4n) is 12.7. The molecule has 0 spiro atoms. The van der Waals surface area contributed by atoms with Crippen LogP contribution in [0.15, 0.2) is 255 Å². The Labute approximate surface area is 468 Å². The van der Waals surface area contributed by atoms with Crippen molar-refractivity contribution >= 4 is 112 Å². The molecule has 0 N–H and O–H groups in total. The second kappa shape index (κ2) is 18.1. The van der Waals surface area contributed by atoms with Gasteiger partial charge in [-0.1, -0.05) is 237 Å². The van der Waals surface area contributed by atoms with Gasteiger partial charge in [0.15, 0.2) is 0 Å². The van der Waals surface area contributed by atoms with E-state index in [-0.39, 0.29) is 0 Å². The highest BCUT2D eigenvalue weighted by atomic mass is 32.1. The largest absolute Gasteiger partial charge is 0.318 e. The minimum Gasteiger partial charge on any atom is -0.318 e. The summed E-state index contributed by atoms with van der Waals surface area (Å²) in [5.41, 5.74) is 16.0. The summed E-state index contributed by atoms with van der Waals surface area (Å²) in [6, 6.07) is 93.4. The molecule has 0 radical (unpaired) electrons. The van der Waals surface area contributed by atoms with Gasteiger partial charge in [-0.25, -0.2) is 4.85 Å². The molecule has 4 nitrogen and oxygen atoms in total. The van der Waals surface area contributed by atoms with Crippen molar-refractivity contribution in [3.63, 3.8) is 0 Å². The number of hydrogen-bond donors (Lipinski definition) is 0. The summed E-state index contributed by atoms with van der Waals surface area (Å²) in [4.78, 5) is 4.69. The molecule has 0 amide bonds. The van der Waals surface area contributed by atoms with Gasteiger partial charge in [0, 0.05) is 63.6 Å². The van der Waals surface area contributed by atoms with E-state index in [0.717, 1.165) is 114 Å². The minimum absolute atomic E-state index is 0.400. The van der Waals surface area contributed by atoms with Crippen LogP contribution in [-0.2, 0) is 0 Å². The molecule has 0 saturated carbocycles. The summed E-state index contributed by atoms with van der Waals surface area (Å²) in [5, 5.41) is 21.4. The zero-order valence-corrected chi connectivity index (χ0v) is 44.5. The normalized spacial score (nSPS) is 11.7. The van der Waals surface area contributed by atoms with Crippen LogP contribution in [0.25, 0.3) is 156 Å². The first-order chi connectivity index (χ1) is 39.6. The number of benzene rings is 12. The summed E-state index contributed by atoms with van der Waals surface area (Å²) >= 11 is 3.62. The number of aromatic nitrogens is 2. The van der Waals surface area contributed by atoms with Gasteiger partial charge in [-0.2, -0.15) is 5.26 Å². The molecular weight excluding hydrogens is 1010 g/mol. The molecule has 0 fully saturated rings. The van der Waals surface area contributed by atoms with Crippen molar-refractivity contribution in [1.29, 1.82) is 5.26 Å². The van der Waals surface area contributed by atoms with E-state index in [1.54, 1.807) is 11.3 Å². The molecule has 0 atom stereocenters. The van der Waals surface area contributed by atoms with Gasteiger partial charge in [0.2, 0.25) is 5.69 Å². The molecule has 16 aromatic rings. The van der Waals surface area contributed by atoms with Crippen molar-refractivity contribution in [3.05, 3.63) is 272 Å². The van der Waals surface area contributed by atoms with Crippen LogP contribution < -0.4 is 0 Å². The molecule has 0 aliphatic heterocycles. The van der Waals surface area contributed by atoms with Gasteiger partial charge in [-0.05, 0) is 62.7 Å². The number of rotatable bonds is 7. The molecule has 4 aromatic heterocycles. The zero-order chi connectivity index (χ0) is 53.0. The summed E-state index contributed by atoms with van der Waals surface area (Å²) in [6.45, 7) is 9.61. The molecule has 12 aromatic carbocycles. The van der Waals surface area contributed by atoms with Crippen LogP contribution in [-0.4, -0.2) is 9.13 Å². The molecule has 370 valence electrons. The van der Waals surface area contributed by atoms with Crippen LogP contribution in [0.2, 0.25) is 0 Å². The topological polar surface area (TPSA) is 38.0 Å². The van der Waals surface area contributed by atoms with Crippen LogP contribution >= 0.6 is 22.7 Å². The fourth-order valence-corrected chi connectivity index (χ4v) is 15.3. The van der Waals surface area contributed by atoms with Crippen LogP contribution in [0.5, 0.6) is 0 Å². The maximum absolute atomic E-state index is 12.4. The van der Waals surface area contributed by atoms with E-state index in [0.29, 0.717) is 22.5 Å². The minimum atomic E-state index is 0.400. The Balaban J connectivity index is 1.18. The third-order valence-corrected chi connectivity index (χ3v) is 18.6. The Morgan fingerprint density at radius 3 is 1.36 bits per heavy atom. The highest BCUT2D eigenvalue weighted by molar-refractivity contribution is 7.27. The molecule has 16 rings (SSSR count). The fraction of sp³-hybridized carbons (Fsp3) is 0. The van der Waals surface area contributed by atoms with E-state index >= 15 is 0 Å². The molecular formula is C74H42N4S2. The van der Waals surface area contributed by atoms with Gasteiger partial charge in [0.05, 0.1) is 55.0 Å². The maximum Gasteiger partial charge on any atom is 0.220 e. The number of hydrogen-bond acceptors (Lipinski definition) is 3. The molecule has 0 saturated heterocycles. The maximum atomic E-state index is 12.4. The average Bonchev–Trinajstić information content (AvgIpc) is 4.45. The summed E-state index contributed by atoms with van der Waals surface area (Å²) in [6.07, 6.45) is 0. The molecule has 0 bridgehead atoms. The van der Waals surface area contributed by atoms with Gasteiger partial charge in [-0.3, -0.25) is 0 Å². The first kappa shape index (κ1) is 45.8. The number of fused-ring (bicyclic) bond motifs is 14. The van der Waals surface area contributed by atoms with Crippen LogP contribution in [0.4, 0.5) is 5.69 Å². The number of nitriles is 1. The van der Waals surface area contributed by atoms with Gasteiger partial charge < -0.3 is 9.13 Å². The van der Waals surface area contributed by atoms with Crippen LogP contribution in [0.1, 0.15) is 5.56 Å². The molecule has 6 heteroatoms. The Kier molecular flexibility index (Phi) is 10.4. The lowest BCUT2D eigenvalue weighted by atomic mass is 9.88. The SMILES string of the molecule is [C-]#[N+]c1c(-c2ccccc2)c(C#N)c(-n2c3c(ccc4c5ccccc5sc43)c3ccc4c5cccc(-c6ccccc6)c5sc4c32)c(-c2ccccc2)c1-n1c2cc(-c3ccccc3)ccc2c2ccc(-c3ccccc3)cc21. The van der Waals surface area contributed by atoms with E-state index in [1.807, 2.05) is 35.6 Å². The van der Waals surface area contributed by atoms with Crippen LogP contribution in [0.3, 0.4) is 0 Å². The highest BCUT2D eigenvalue weighted by Gasteiger charge is 2.33. The van der Waals surface area contributed by atoms with Gasteiger partial charge in [-0.15, -0.1) is 22.7 Å². The predicted molar refractivity (Wildman–Crippen MR) is 339 cm³/mol. The molecule has 0 aliphatic carbocycles. The second-order valence-corrected chi connectivity index (χ2v) is 22.5. The quantitative estimate of drug-likeness (QED) is 0.147. The first-order valence-electron chi connectivity index (χ1n) is 26.8. The third kappa shape index (κ3) is 6.77. The lowest BCUT2D eigenvalue weighted by Gasteiger charge is -2.26. The molecule has 0 aliphatic rings. The Hall–Kier alpha value is -10.3. The van der Waals surface area contributed by atoms with Crippen molar-refractivity contribution in [2.45, 2.75) is 0 Å². The van der Waals surface area contributed by atoms with E-state index < -0.39 is 0 Å². The van der Waals surface area contributed by atoms with Crippen molar-refractivity contribution in [3.8, 4) is 73.1 Å². The van der Waals surface area contributed by atoms with Crippen molar-refractivity contribution < 1.29 is 0 Å². The summed E-state index contributed by atoms with van der Waals surface area (Å²) in [5.74, 6) is 0. The average molecular weight is 1050 g/mol. The Bertz CT molecular complexity index is 5190. The predicted octanol–water partition coefficient (Wildman–Crippen LogP) is 21.4. The lowest BCUT2D eigenvalue weighted by molar-refractivity contribution is 1.14. The van der Waals surface area contributed by atoms with E-state index in [2.05, 4.69) is 251 Å². The van der Waals surface area contributed by atoms with Gasteiger partial charge >= 0.3 is 0 Å². The summed E-state index contributed by atoms with van der Waals surface area (Å²) in [7, 11) is 0. The molecule has 0 unspecified atom stereocenters. The first-order valence-corrected chi connectivity index (χ1v) is 28.4. The lowest BCUT2D eigenvalue weighted by Crippen LogP contribution is -2.09. The van der Waals surface area contributed by atoms with E-state index in [4.69, 9.17) is 0 Å².